The molecule has 0 aliphatic heterocycles. The summed E-state index contributed by atoms with van der Waals surface area (Å²) in [5.41, 5.74) is 0.788. The molecule has 0 saturated carbocycles. The molecule has 1 N–H and O–H groups in total. The Labute approximate surface area is 91.5 Å². The van der Waals surface area contributed by atoms with E-state index in [1.807, 2.05) is 20.2 Å². The molecule has 0 amide bonds. The van der Waals surface area contributed by atoms with Crippen LogP contribution >= 0.6 is 0 Å². The quantitative estimate of drug-likeness (QED) is 0.686. The van der Waals surface area contributed by atoms with Gasteiger partial charge in [0, 0.05) is 7.11 Å². The molecule has 0 fully saturated rings. The van der Waals surface area contributed by atoms with Crippen LogP contribution in [0.25, 0.3) is 0 Å². The van der Waals surface area contributed by atoms with Gasteiger partial charge >= 0.3 is 0 Å². The summed E-state index contributed by atoms with van der Waals surface area (Å²) in [7, 11) is -1.06. The third kappa shape index (κ3) is 5.95. The number of rotatable bonds is 7. The van der Waals surface area contributed by atoms with E-state index in [0.29, 0.717) is 0 Å². The fourth-order valence-electron chi connectivity index (χ4n) is 1.86. The Hall–Kier alpha value is 0.354. The highest BCUT2D eigenvalue weighted by atomic mass is 28.4. The van der Waals surface area contributed by atoms with Gasteiger partial charge in [-0.1, -0.05) is 26.7 Å². The zero-order valence-electron chi connectivity index (χ0n) is 10.3. The topological polar surface area (TPSA) is 29.5 Å². The lowest BCUT2D eigenvalue weighted by molar-refractivity contribution is 0.400. The zero-order valence-corrected chi connectivity index (χ0v) is 12.5. The smallest absolute Gasteiger partial charge is 0.182 e. The Kier molecular flexibility index (Phi) is 6.94. The highest BCUT2D eigenvalue weighted by Crippen LogP contribution is 2.25. The first-order chi connectivity index (χ1) is 6.44. The molecule has 0 radical (unpaired) electrons. The molecular weight excluding hydrogens is 208 g/mol. The molecular formula is C10H26O2Si2. The minimum absolute atomic E-state index is 0.788. The van der Waals surface area contributed by atoms with Crippen LogP contribution in [0.5, 0.6) is 0 Å². The van der Waals surface area contributed by atoms with Crippen molar-refractivity contribution in [2.45, 2.75) is 57.4 Å². The van der Waals surface area contributed by atoms with E-state index in [-0.39, 0.29) is 0 Å². The first kappa shape index (κ1) is 14.4. The summed E-state index contributed by atoms with van der Waals surface area (Å²) < 4.78 is 5.64. The Morgan fingerprint density at radius 3 is 2.07 bits per heavy atom. The molecule has 0 bridgehead atoms. The van der Waals surface area contributed by atoms with E-state index in [1.165, 1.54) is 12.8 Å². The molecule has 0 rings (SSSR count). The van der Waals surface area contributed by atoms with Crippen LogP contribution in [0, 0.1) is 0 Å². The van der Waals surface area contributed by atoms with Crippen LogP contribution in [0.3, 0.4) is 0 Å². The third-order valence-corrected chi connectivity index (χ3v) is 8.47. The van der Waals surface area contributed by atoms with Crippen molar-refractivity contribution in [1.82, 2.24) is 0 Å². The van der Waals surface area contributed by atoms with Gasteiger partial charge in [-0.3, -0.25) is 0 Å². The second kappa shape index (κ2) is 6.77. The van der Waals surface area contributed by atoms with Gasteiger partial charge in [-0.15, -0.1) is 0 Å². The maximum Gasteiger partial charge on any atom is 0.182 e. The van der Waals surface area contributed by atoms with Gasteiger partial charge in [-0.2, -0.15) is 0 Å². The van der Waals surface area contributed by atoms with Crippen LogP contribution in [-0.4, -0.2) is 29.3 Å². The van der Waals surface area contributed by atoms with E-state index in [2.05, 4.69) is 13.8 Å². The average Bonchev–Trinajstić information content (AvgIpc) is 2.10. The number of hydrogen-bond acceptors (Lipinski definition) is 2. The number of hydrogen-bond donors (Lipinski definition) is 1. The largest absolute Gasteiger partial charge is 0.432 e. The molecule has 0 aromatic rings. The lowest BCUT2D eigenvalue weighted by Crippen LogP contribution is -2.30. The molecule has 0 aliphatic rings. The molecule has 0 aromatic heterocycles. The molecule has 1 unspecified atom stereocenters. The van der Waals surface area contributed by atoms with Crippen LogP contribution in [0.15, 0.2) is 0 Å². The van der Waals surface area contributed by atoms with Crippen molar-refractivity contribution in [3.63, 3.8) is 0 Å². The van der Waals surface area contributed by atoms with E-state index in [1.54, 1.807) is 0 Å². The summed E-state index contributed by atoms with van der Waals surface area (Å²) in [6.07, 6.45) is 2.46. The minimum Gasteiger partial charge on any atom is -0.432 e. The summed E-state index contributed by atoms with van der Waals surface area (Å²) >= 11 is 0. The lowest BCUT2D eigenvalue weighted by Gasteiger charge is -2.24. The molecule has 0 aliphatic carbocycles. The van der Waals surface area contributed by atoms with Gasteiger partial charge in [0.1, 0.15) is 0 Å². The summed E-state index contributed by atoms with van der Waals surface area (Å²) in [6.45, 7) is 8.52. The van der Waals surface area contributed by atoms with Crippen molar-refractivity contribution in [3.05, 3.63) is 0 Å². The molecule has 14 heavy (non-hydrogen) atoms. The molecule has 1 atom stereocenters. The van der Waals surface area contributed by atoms with E-state index in [4.69, 9.17) is 4.43 Å². The standard InChI is InChI=1S/C10H26O2Si2/c1-6-10(7-2)13(12-3)8-9-14(4,5)11/h10-11,13H,6-9H2,1-5H3. The summed E-state index contributed by atoms with van der Waals surface area (Å²) in [6, 6.07) is 2.16. The van der Waals surface area contributed by atoms with Crippen LogP contribution in [0.1, 0.15) is 26.7 Å². The molecule has 4 heteroatoms. The Bertz CT molecular complexity index is 142. The van der Waals surface area contributed by atoms with Crippen LogP contribution < -0.4 is 0 Å². The Morgan fingerprint density at radius 1 is 1.29 bits per heavy atom. The van der Waals surface area contributed by atoms with Crippen molar-refractivity contribution in [2.24, 2.45) is 0 Å². The third-order valence-electron chi connectivity index (χ3n) is 2.92. The summed E-state index contributed by atoms with van der Waals surface area (Å²) in [4.78, 5) is 9.79. The molecule has 0 aromatic carbocycles. The molecule has 2 nitrogen and oxygen atoms in total. The second-order valence-corrected chi connectivity index (χ2v) is 11.9. The van der Waals surface area contributed by atoms with E-state index >= 15 is 0 Å². The van der Waals surface area contributed by atoms with Crippen molar-refractivity contribution >= 4 is 17.4 Å². The van der Waals surface area contributed by atoms with E-state index in [9.17, 15) is 4.80 Å². The second-order valence-electron chi connectivity index (χ2n) is 4.70. The first-order valence-corrected chi connectivity index (χ1v) is 10.8. The average molecular weight is 234 g/mol. The first-order valence-electron chi connectivity index (χ1n) is 5.69. The summed E-state index contributed by atoms with van der Waals surface area (Å²) in [5, 5.41) is 0. The zero-order chi connectivity index (χ0) is 11.2. The Morgan fingerprint density at radius 2 is 1.79 bits per heavy atom. The van der Waals surface area contributed by atoms with Gasteiger partial charge in [0.25, 0.3) is 0 Å². The van der Waals surface area contributed by atoms with Gasteiger partial charge in [0.15, 0.2) is 17.4 Å². The van der Waals surface area contributed by atoms with Gasteiger partial charge in [0.05, 0.1) is 0 Å². The fourth-order valence-corrected chi connectivity index (χ4v) is 7.96. The highest BCUT2D eigenvalue weighted by Gasteiger charge is 2.25. The monoisotopic (exact) mass is 234 g/mol. The lowest BCUT2D eigenvalue weighted by atomic mass is 10.3. The predicted molar refractivity (Wildman–Crippen MR) is 67.8 cm³/mol. The minimum atomic E-state index is -1.85. The molecule has 86 valence electrons. The highest BCUT2D eigenvalue weighted by molar-refractivity contribution is 6.71. The maximum absolute atomic E-state index is 9.79. The van der Waals surface area contributed by atoms with Crippen molar-refractivity contribution < 1.29 is 9.22 Å². The molecule has 0 heterocycles. The van der Waals surface area contributed by atoms with Gasteiger partial charge in [0.2, 0.25) is 0 Å². The van der Waals surface area contributed by atoms with Crippen molar-refractivity contribution in [1.29, 1.82) is 0 Å². The van der Waals surface area contributed by atoms with Gasteiger partial charge in [-0.25, -0.2) is 0 Å². The van der Waals surface area contributed by atoms with Crippen LogP contribution in [-0.2, 0) is 4.43 Å². The predicted octanol–water partition coefficient (Wildman–Crippen LogP) is 2.74. The summed E-state index contributed by atoms with van der Waals surface area (Å²) in [5.74, 6) is 0. The normalized spacial score (nSPS) is 14.8. The van der Waals surface area contributed by atoms with Crippen LogP contribution in [0.2, 0.25) is 30.7 Å². The maximum atomic E-state index is 9.79. The van der Waals surface area contributed by atoms with E-state index < -0.39 is 17.4 Å². The molecule has 0 spiro atoms. The fraction of sp³-hybridized carbons (Fsp3) is 1.00. The van der Waals surface area contributed by atoms with Crippen molar-refractivity contribution in [2.75, 3.05) is 7.11 Å². The van der Waals surface area contributed by atoms with Crippen LogP contribution in [0.4, 0.5) is 0 Å². The molecule has 0 saturated heterocycles. The van der Waals surface area contributed by atoms with Crippen molar-refractivity contribution in [3.8, 4) is 0 Å². The van der Waals surface area contributed by atoms with Gasteiger partial charge in [-0.05, 0) is 30.7 Å². The van der Waals surface area contributed by atoms with E-state index in [0.717, 1.165) is 17.6 Å². The Balaban J connectivity index is 4.01. The SMILES string of the molecule is CCC(CC)[SiH](CC[Si](C)(C)O)OC. The van der Waals surface area contributed by atoms with Gasteiger partial charge < -0.3 is 9.22 Å².